The molecule has 0 spiro atoms. The number of ether oxygens (including phenoxy) is 2. The SMILES string of the molecule is COc1ccc([N+](=O)[O-])cc1NC(=O)CCC(=O)Oc1ccc(C)cc1. The Hall–Kier alpha value is -3.42. The van der Waals surface area contributed by atoms with Gasteiger partial charge < -0.3 is 14.8 Å². The van der Waals surface area contributed by atoms with Gasteiger partial charge >= 0.3 is 5.97 Å². The number of methoxy groups -OCH3 is 1. The number of nitro benzene ring substituents is 1. The molecule has 0 radical (unpaired) electrons. The van der Waals surface area contributed by atoms with Crippen LogP contribution < -0.4 is 14.8 Å². The van der Waals surface area contributed by atoms with E-state index >= 15 is 0 Å². The second kappa shape index (κ2) is 8.61. The standard InChI is InChI=1S/C18H18N2O6/c1-12-3-6-14(7-4-12)26-18(22)10-9-17(21)19-15-11-13(20(23)24)5-8-16(15)25-2/h3-8,11H,9-10H2,1-2H3,(H,19,21). The number of esters is 1. The van der Waals surface area contributed by atoms with E-state index in [9.17, 15) is 19.7 Å². The molecule has 0 aliphatic heterocycles. The number of benzene rings is 2. The summed E-state index contributed by atoms with van der Waals surface area (Å²) in [6.45, 7) is 1.91. The van der Waals surface area contributed by atoms with Gasteiger partial charge in [-0.1, -0.05) is 17.7 Å². The van der Waals surface area contributed by atoms with Gasteiger partial charge in [-0.25, -0.2) is 0 Å². The van der Waals surface area contributed by atoms with Crippen LogP contribution in [0.4, 0.5) is 11.4 Å². The van der Waals surface area contributed by atoms with Gasteiger partial charge in [0.05, 0.1) is 24.1 Å². The Morgan fingerprint density at radius 2 is 1.81 bits per heavy atom. The summed E-state index contributed by atoms with van der Waals surface area (Å²) in [5.41, 5.74) is 1.02. The third kappa shape index (κ3) is 5.30. The van der Waals surface area contributed by atoms with Gasteiger partial charge in [0.1, 0.15) is 11.5 Å². The van der Waals surface area contributed by atoms with Crippen LogP contribution in [0.1, 0.15) is 18.4 Å². The minimum Gasteiger partial charge on any atom is -0.495 e. The smallest absolute Gasteiger partial charge is 0.311 e. The quantitative estimate of drug-likeness (QED) is 0.352. The van der Waals surface area contributed by atoms with Crippen LogP contribution in [0.15, 0.2) is 42.5 Å². The van der Waals surface area contributed by atoms with Crippen LogP contribution in [-0.4, -0.2) is 23.9 Å². The van der Waals surface area contributed by atoms with Crippen LogP contribution in [0, 0.1) is 17.0 Å². The fourth-order valence-electron chi connectivity index (χ4n) is 2.12. The first-order chi connectivity index (χ1) is 12.4. The number of hydrogen-bond acceptors (Lipinski definition) is 6. The minimum atomic E-state index is -0.575. The number of non-ortho nitro benzene ring substituents is 1. The molecule has 2 aromatic rings. The van der Waals surface area contributed by atoms with Gasteiger partial charge in [0.25, 0.3) is 5.69 Å². The summed E-state index contributed by atoms with van der Waals surface area (Å²) in [5.74, 6) is -0.341. The Balaban J connectivity index is 1.92. The maximum absolute atomic E-state index is 12.0. The fraction of sp³-hybridized carbons (Fsp3) is 0.222. The highest BCUT2D eigenvalue weighted by molar-refractivity contribution is 5.94. The largest absolute Gasteiger partial charge is 0.495 e. The van der Waals surface area contributed by atoms with Crippen molar-refractivity contribution in [2.75, 3.05) is 12.4 Å². The first kappa shape index (κ1) is 18.9. The van der Waals surface area contributed by atoms with E-state index in [1.807, 2.05) is 19.1 Å². The average molecular weight is 358 g/mol. The van der Waals surface area contributed by atoms with Crippen LogP contribution >= 0.6 is 0 Å². The lowest BCUT2D eigenvalue weighted by molar-refractivity contribution is -0.384. The van der Waals surface area contributed by atoms with Crippen LogP contribution in [-0.2, 0) is 9.59 Å². The summed E-state index contributed by atoms with van der Waals surface area (Å²) >= 11 is 0. The number of hydrogen-bond donors (Lipinski definition) is 1. The maximum Gasteiger partial charge on any atom is 0.311 e. The van der Waals surface area contributed by atoms with E-state index in [1.54, 1.807) is 12.1 Å². The molecule has 0 bridgehead atoms. The molecule has 0 heterocycles. The van der Waals surface area contributed by atoms with Crippen molar-refractivity contribution in [3.8, 4) is 11.5 Å². The highest BCUT2D eigenvalue weighted by Crippen LogP contribution is 2.29. The molecule has 0 saturated heterocycles. The number of rotatable bonds is 7. The molecule has 26 heavy (non-hydrogen) atoms. The van der Waals surface area contributed by atoms with Gasteiger partial charge in [0.2, 0.25) is 5.91 Å². The Morgan fingerprint density at radius 3 is 2.42 bits per heavy atom. The van der Waals surface area contributed by atoms with Crippen molar-refractivity contribution >= 4 is 23.3 Å². The highest BCUT2D eigenvalue weighted by Gasteiger charge is 2.15. The van der Waals surface area contributed by atoms with E-state index < -0.39 is 16.8 Å². The maximum atomic E-state index is 12.0. The zero-order valence-electron chi connectivity index (χ0n) is 14.4. The number of aryl methyl sites for hydroxylation is 1. The normalized spacial score (nSPS) is 10.1. The molecular formula is C18H18N2O6. The number of carbonyl (C=O) groups is 2. The second-order valence-electron chi connectivity index (χ2n) is 5.48. The second-order valence-corrected chi connectivity index (χ2v) is 5.48. The summed E-state index contributed by atoms with van der Waals surface area (Å²) in [6.07, 6.45) is -0.256. The third-order valence-electron chi connectivity index (χ3n) is 3.48. The summed E-state index contributed by atoms with van der Waals surface area (Å²) in [7, 11) is 1.38. The molecule has 1 amide bonds. The predicted octanol–water partition coefficient (Wildman–Crippen LogP) is 3.24. The van der Waals surface area contributed by atoms with Crippen LogP contribution in [0.5, 0.6) is 11.5 Å². The van der Waals surface area contributed by atoms with E-state index in [1.165, 1.54) is 25.3 Å². The molecule has 136 valence electrons. The zero-order chi connectivity index (χ0) is 19.1. The molecule has 0 aromatic heterocycles. The lowest BCUT2D eigenvalue weighted by Crippen LogP contribution is -2.16. The van der Waals surface area contributed by atoms with Gasteiger partial charge in [0.15, 0.2) is 0 Å². The minimum absolute atomic E-state index is 0.128. The number of nitro groups is 1. The Bertz CT molecular complexity index is 817. The number of carbonyl (C=O) groups excluding carboxylic acids is 2. The molecule has 0 fully saturated rings. The molecule has 0 aliphatic rings. The van der Waals surface area contributed by atoms with Crippen molar-refractivity contribution in [3.05, 3.63) is 58.1 Å². The molecule has 0 saturated carbocycles. The van der Waals surface area contributed by atoms with Crippen LogP contribution in [0.25, 0.3) is 0 Å². The third-order valence-corrected chi connectivity index (χ3v) is 3.48. The number of anilines is 1. The summed E-state index contributed by atoms with van der Waals surface area (Å²) in [6, 6.07) is 10.8. The lowest BCUT2D eigenvalue weighted by atomic mass is 10.2. The lowest BCUT2D eigenvalue weighted by Gasteiger charge is -2.10. The summed E-state index contributed by atoms with van der Waals surface area (Å²) in [4.78, 5) is 34.1. The van der Waals surface area contributed by atoms with Gasteiger partial charge in [-0.15, -0.1) is 0 Å². The zero-order valence-corrected chi connectivity index (χ0v) is 14.4. The molecule has 2 rings (SSSR count). The van der Waals surface area contributed by atoms with Crippen LogP contribution in [0.3, 0.4) is 0 Å². The molecule has 8 heteroatoms. The molecule has 8 nitrogen and oxygen atoms in total. The van der Waals surface area contributed by atoms with Crippen molar-refractivity contribution in [3.63, 3.8) is 0 Å². The molecule has 2 aromatic carbocycles. The Labute approximate surface area is 149 Å². The van der Waals surface area contributed by atoms with Crippen molar-refractivity contribution in [1.29, 1.82) is 0 Å². The number of nitrogens with one attached hydrogen (secondary N) is 1. The van der Waals surface area contributed by atoms with E-state index in [-0.39, 0.29) is 30.0 Å². The average Bonchev–Trinajstić information content (AvgIpc) is 2.62. The molecule has 0 aliphatic carbocycles. The molecular weight excluding hydrogens is 340 g/mol. The Kier molecular flexibility index (Phi) is 6.26. The first-order valence-corrected chi connectivity index (χ1v) is 7.78. The molecule has 1 N–H and O–H groups in total. The van der Waals surface area contributed by atoms with E-state index in [0.29, 0.717) is 5.75 Å². The highest BCUT2D eigenvalue weighted by atomic mass is 16.6. The van der Waals surface area contributed by atoms with Crippen molar-refractivity contribution in [2.45, 2.75) is 19.8 Å². The van der Waals surface area contributed by atoms with E-state index in [4.69, 9.17) is 9.47 Å². The summed E-state index contributed by atoms with van der Waals surface area (Å²) < 4.78 is 10.2. The van der Waals surface area contributed by atoms with Crippen molar-refractivity contribution in [1.82, 2.24) is 0 Å². The monoisotopic (exact) mass is 358 g/mol. The van der Waals surface area contributed by atoms with Crippen molar-refractivity contribution < 1.29 is 24.0 Å². The predicted molar refractivity (Wildman–Crippen MR) is 94.3 cm³/mol. The number of amides is 1. The summed E-state index contributed by atoms with van der Waals surface area (Å²) in [5, 5.41) is 13.3. The molecule has 0 atom stereocenters. The molecule has 0 unspecified atom stereocenters. The van der Waals surface area contributed by atoms with E-state index in [0.717, 1.165) is 5.56 Å². The van der Waals surface area contributed by atoms with Gasteiger partial charge in [-0.2, -0.15) is 0 Å². The Morgan fingerprint density at radius 1 is 1.12 bits per heavy atom. The fourth-order valence-corrected chi connectivity index (χ4v) is 2.12. The van der Waals surface area contributed by atoms with Crippen LogP contribution in [0.2, 0.25) is 0 Å². The van der Waals surface area contributed by atoms with Crippen molar-refractivity contribution in [2.24, 2.45) is 0 Å². The first-order valence-electron chi connectivity index (χ1n) is 7.78. The van der Waals surface area contributed by atoms with Gasteiger partial charge in [-0.05, 0) is 25.1 Å². The number of nitrogens with zero attached hydrogens (tertiary/aromatic N) is 1. The van der Waals surface area contributed by atoms with Gasteiger partial charge in [-0.3, -0.25) is 19.7 Å². The van der Waals surface area contributed by atoms with E-state index in [2.05, 4.69) is 5.32 Å². The topological polar surface area (TPSA) is 108 Å². The van der Waals surface area contributed by atoms with Gasteiger partial charge in [0, 0.05) is 18.6 Å².